The highest BCUT2D eigenvalue weighted by atomic mass is 16.5. The molecule has 0 unspecified atom stereocenters. The van der Waals surface area contributed by atoms with Crippen LogP contribution < -0.4 is 16.1 Å². The van der Waals surface area contributed by atoms with Gasteiger partial charge in [-0.2, -0.15) is 0 Å². The summed E-state index contributed by atoms with van der Waals surface area (Å²) in [5, 5.41) is 0.671. The molecule has 0 aliphatic rings. The van der Waals surface area contributed by atoms with Crippen LogP contribution in [-0.2, 0) is 4.74 Å². The number of benzene rings is 2. The van der Waals surface area contributed by atoms with Crippen LogP contribution in [0.15, 0.2) is 57.7 Å². The molecule has 0 spiro atoms. The molecule has 0 saturated carbocycles. The third-order valence-corrected chi connectivity index (χ3v) is 3.74. The van der Waals surface area contributed by atoms with E-state index < -0.39 is 5.63 Å². The van der Waals surface area contributed by atoms with Gasteiger partial charge in [-0.3, -0.25) is 4.79 Å². The number of methoxy groups -OCH3 is 1. The maximum absolute atomic E-state index is 11.5. The number of ether oxygens (including phenoxy) is 2. The molecule has 0 bridgehead atoms. The van der Waals surface area contributed by atoms with Gasteiger partial charge in [0, 0.05) is 11.1 Å². The minimum absolute atomic E-state index is 0.0563. The van der Waals surface area contributed by atoms with E-state index >= 15 is 0 Å². The van der Waals surface area contributed by atoms with Gasteiger partial charge in [-0.1, -0.05) is 12.1 Å². The molecule has 2 N–H and O–H groups in total. The molecule has 28 heavy (non-hydrogen) atoms. The van der Waals surface area contributed by atoms with Crippen LogP contribution in [0.3, 0.4) is 0 Å². The van der Waals surface area contributed by atoms with Gasteiger partial charge >= 0.3 is 11.6 Å². The topological polar surface area (TPSA) is 109 Å². The van der Waals surface area contributed by atoms with Gasteiger partial charge < -0.3 is 19.6 Å². The van der Waals surface area contributed by atoms with E-state index in [1.165, 1.54) is 20.1 Å². The van der Waals surface area contributed by atoms with E-state index in [1.807, 2.05) is 0 Å². The molecule has 0 amide bonds. The third-order valence-electron chi connectivity index (χ3n) is 3.74. The first-order valence-electron chi connectivity index (χ1n) is 8.51. The van der Waals surface area contributed by atoms with Crippen LogP contribution in [0.25, 0.3) is 11.0 Å². The first-order valence-corrected chi connectivity index (χ1v) is 8.51. The highest BCUT2D eigenvalue weighted by Crippen LogP contribution is 2.24. The average molecular weight is 383 g/mol. The van der Waals surface area contributed by atoms with Crippen LogP contribution in [0.1, 0.15) is 34.6 Å². The van der Waals surface area contributed by atoms with Crippen molar-refractivity contribution in [3.8, 4) is 5.75 Å². The number of carbonyl (C=O) groups is 2. The molecule has 0 radical (unpaired) electrons. The Morgan fingerprint density at radius 3 is 2.36 bits per heavy atom. The molecular weight excluding hydrogens is 362 g/mol. The Bertz CT molecular complexity index is 1040. The Morgan fingerprint density at radius 2 is 1.79 bits per heavy atom. The highest BCUT2D eigenvalue weighted by molar-refractivity contribution is 5.97. The number of hydrogen-bond donors (Lipinski definition) is 1. The maximum Gasteiger partial charge on any atom is 0.347 e. The fourth-order valence-corrected chi connectivity index (χ4v) is 2.36. The van der Waals surface area contributed by atoms with Gasteiger partial charge in [0.2, 0.25) is 0 Å². The summed E-state index contributed by atoms with van der Waals surface area (Å²) < 4.78 is 14.9. The Morgan fingerprint density at radius 1 is 1.11 bits per heavy atom. The van der Waals surface area contributed by atoms with Crippen LogP contribution in [0.4, 0.5) is 5.69 Å². The van der Waals surface area contributed by atoms with Crippen molar-refractivity contribution >= 4 is 28.4 Å². The summed E-state index contributed by atoms with van der Waals surface area (Å²) in [5.41, 5.74) is 6.41. The number of hydrogen-bond acceptors (Lipinski definition) is 7. The first kappa shape index (κ1) is 20.7. The molecule has 0 saturated heterocycles. The number of Topliss-reactive ketones (excluding diaryl/α,β-unsaturated/α-hetero) is 1. The van der Waals surface area contributed by atoms with Crippen LogP contribution in [0.2, 0.25) is 0 Å². The van der Waals surface area contributed by atoms with Crippen molar-refractivity contribution < 1.29 is 23.5 Å². The number of carbonyl (C=O) groups excluding carboxylic acids is 2. The van der Waals surface area contributed by atoms with Crippen molar-refractivity contribution in [3.63, 3.8) is 0 Å². The summed E-state index contributed by atoms with van der Waals surface area (Å²) in [6.45, 7) is 3.50. The lowest BCUT2D eigenvalue weighted by molar-refractivity contribution is 0.0526. The third kappa shape index (κ3) is 4.97. The zero-order chi connectivity index (χ0) is 20.7. The Hall–Kier alpha value is -3.61. The zero-order valence-corrected chi connectivity index (χ0v) is 15.9. The summed E-state index contributed by atoms with van der Waals surface area (Å²) in [4.78, 5) is 33.8. The fraction of sp³-hybridized carbons (Fsp3) is 0.190. The van der Waals surface area contributed by atoms with Crippen LogP contribution in [-0.4, -0.2) is 25.5 Å². The molecule has 7 heteroatoms. The second-order valence-corrected chi connectivity index (χ2v) is 5.72. The van der Waals surface area contributed by atoms with Gasteiger partial charge in [0.25, 0.3) is 0 Å². The van der Waals surface area contributed by atoms with E-state index in [9.17, 15) is 14.4 Å². The normalized spacial score (nSPS) is 9.96. The Balaban J connectivity index is 0.000000209. The fourth-order valence-electron chi connectivity index (χ4n) is 2.36. The van der Waals surface area contributed by atoms with E-state index in [0.717, 1.165) is 0 Å². The molecule has 7 nitrogen and oxygen atoms in total. The predicted octanol–water partition coefficient (Wildman–Crippen LogP) is 3.45. The lowest BCUT2D eigenvalue weighted by Gasteiger charge is -2.03. The number of nitrogens with two attached hydrogens (primary N) is 1. The number of esters is 1. The molecule has 0 atom stereocenters. The largest absolute Gasteiger partial charge is 0.493 e. The second kappa shape index (κ2) is 9.36. The summed E-state index contributed by atoms with van der Waals surface area (Å²) in [6, 6.07) is 13.4. The molecule has 2 aromatic carbocycles. The van der Waals surface area contributed by atoms with E-state index in [4.69, 9.17) is 19.6 Å². The molecule has 0 fully saturated rings. The second-order valence-electron chi connectivity index (χ2n) is 5.72. The predicted molar refractivity (Wildman–Crippen MR) is 106 cm³/mol. The molecule has 0 aliphatic carbocycles. The Labute approximate surface area is 161 Å². The lowest BCUT2D eigenvalue weighted by atomic mass is 10.1. The van der Waals surface area contributed by atoms with Gasteiger partial charge in [0.05, 0.1) is 19.3 Å². The standard InChI is InChI=1S/C12H10O4.C9H11NO2/c1-7(13)9-6-8-4-3-5-10(15-2)11(8)16-12(9)14;1-2-12-9(11)7-3-5-8(10)6-4-7/h3-6H,1-2H3;3-6H,2,10H2,1H3. The summed E-state index contributed by atoms with van der Waals surface area (Å²) >= 11 is 0. The van der Waals surface area contributed by atoms with Crippen molar-refractivity contribution in [2.75, 3.05) is 19.5 Å². The number of fused-ring (bicyclic) bond motifs is 1. The van der Waals surface area contributed by atoms with Crippen molar-refractivity contribution in [1.29, 1.82) is 0 Å². The lowest BCUT2D eigenvalue weighted by Crippen LogP contribution is -2.11. The van der Waals surface area contributed by atoms with Gasteiger partial charge in [0.15, 0.2) is 17.1 Å². The molecule has 3 rings (SSSR count). The van der Waals surface area contributed by atoms with Crippen molar-refractivity contribution in [2.45, 2.75) is 13.8 Å². The molecular formula is C21H21NO6. The summed E-state index contributed by atoms with van der Waals surface area (Å²) in [7, 11) is 1.49. The van der Waals surface area contributed by atoms with E-state index in [1.54, 1.807) is 49.4 Å². The smallest absolute Gasteiger partial charge is 0.347 e. The first-order chi connectivity index (χ1) is 13.4. The van der Waals surface area contributed by atoms with Gasteiger partial charge in [-0.15, -0.1) is 0 Å². The van der Waals surface area contributed by atoms with E-state index in [-0.39, 0.29) is 17.3 Å². The SMILES string of the molecule is CCOC(=O)c1ccc(N)cc1.COc1cccc2cc(C(C)=O)c(=O)oc12. The van der Waals surface area contributed by atoms with Crippen LogP contribution in [0.5, 0.6) is 5.75 Å². The van der Waals surface area contributed by atoms with Gasteiger partial charge in [-0.25, -0.2) is 9.59 Å². The van der Waals surface area contributed by atoms with E-state index in [0.29, 0.717) is 34.6 Å². The summed E-state index contributed by atoms with van der Waals surface area (Å²) in [5.74, 6) is -0.138. The maximum atomic E-state index is 11.5. The van der Waals surface area contributed by atoms with Crippen LogP contribution >= 0.6 is 0 Å². The minimum Gasteiger partial charge on any atom is -0.493 e. The number of nitrogen functional groups attached to an aromatic ring is 1. The van der Waals surface area contributed by atoms with E-state index in [2.05, 4.69) is 0 Å². The summed E-state index contributed by atoms with van der Waals surface area (Å²) in [6.07, 6.45) is 0. The molecule has 146 valence electrons. The molecule has 3 aromatic rings. The monoisotopic (exact) mass is 383 g/mol. The Kier molecular flexibility index (Phi) is 6.92. The quantitative estimate of drug-likeness (QED) is 0.318. The number of para-hydroxylation sites is 1. The van der Waals surface area contributed by atoms with Crippen LogP contribution in [0, 0.1) is 0 Å². The minimum atomic E-state index is -0.635. The zero-order valence-electron chi connectivity index (χ0n) is 15.9. The van der Waals surface area contributed by atoms with Crippen molar-refractivity contribution in [2.24, 2.45) is 0 Å². The number of anilines is 1. The molecule has 1 aromatic heterocycles. The number of rotatable bonds is 4. The average Bonchev–Trinajstić information content (AvgIpc) is 2.68. The van der Waals surface area contributed by atoms with Gasteiger partial charge in [0.1, 0.15) is 5.56 Å². The number of ketones is 1. The molecule has 1 heterocycles. The molecule has 0 aliphatic heterocycles. The van der Waals surface area contributed by atoms with Crippen molar-refractivity contribution in [3.05, 3.63) is 70.1 Å². The van der Waals surface area contributed by atoms with Crippen molar-refractivity contribution in [1.82, 2.24) is 0 Å². The highest BCUT2D eigenvalue weighted by Gasteiger charge is 2.11. The van der Waals surface area contributed by atoms with Gasteiger partial charge in [-0.05, 0) is 50.2 Å².